The number of carbonyl (C=O) groups excluding carboxylic acids is 1. The molecule has 3 aromatic carbocycles. The third-order valence-corrected chi connectivity index (χ3v) is 9.43. The summed E-state index contributed by atoms with van der Waals surface area (Å²) < 4.78 is 26.6. The van der Waals surface area contributed by atoms with Gasteiger partial charge in [0.25, 0.3) is 5.91 Å². The number of anilines is 4. The van der Waals surface area contributed by atoms with Crippen molar-refractivity contribution in [2.24, 2.45) is 0 Å². The van der Waals surface area contributed by atoms with Crippen molar-refractivity contribution in [2.75, 3.05) is 17.7 Å². The Labute approximate surface area is 243 Å². The van der Waals surface area contributed by atoms with E-state index in [2.05, 4.69) is 43.5 Å². The van der Waals surface area contributed by atoms with Crippen molar-refractivity contribution in [3.8, 4) is 11.1 Å². The number of sulfone groups is 1. The van der Waals surface area contributed by atoms with E-state index < -0.39 is 15.1 Å². The lowest BCUT2D eigenvalue weighted by atomic mass is 9.99. The van der Waals surface area contributed by atoms with Crippen LogP contribution in [-0.4, -0.2) is 31.6 Å². The van der Waals surface area contributed by atoms with E-state index in [0.717, 1.165) is 33.6 Å². The molecular weight excluding hydrogens is 623 g/mol. The summed E-state index contributed by atoms with van der Waals surface area (Å²) in [4.78, 5) is 16.7. The van der Waals surface area contributed by atoms with Gasteiger partial charge >= 0.3 is 0 Å². The highest BCUT2D eigenvalue weighted by Crippen LogP contribution is 2.32. The Hall–Kier alpha value is -3.44. The SMILES string of the molecule is CNC(=O)c1ccc(-c2ccc(Nc3cc(Nc4ccccc4S(=O)(=O)C(C)C)c(CI)cn3)cc2C)cc1. The second-order valence-electron chi connectivity index (χ2n) is 9.39. The molecule has 0 bridgehead atoms. The molecule has 0 fully saturated rings. The molecule has 1 amide bonds. The van der Waals surface area contributed by atoms with Crippen LogP contribution in [0.4, 0.5) is 22.9 Å². The monoisotopic (exact) mass is 654 g/mol. The lowest BCUT2D eigenvalue weighted by Gasteiger charge is -2.17. The summed E-state index contributed by atoms with van der Waals surface area (Å²) in [5.41, 5.74) is 6.95. The highest BCUT2D eigenvalue weighted by atomic mass is 127. The average molecular weight is 655 g/mol. The third kappa shape index (κ3) is 6.42. The lowest BCUT2D eigenvalue weighted by molar-refractivity contribution is 0.0963. The molecule has 0 unspecified atom stereocenters. The smallest absolute Gasteiger partial charge is 0.251 e. The quantitative estimate of drug-likeness (QED) is 0.133. The molecule has 39 heavy (non-hydrogen) atoms. The van der Waals surface area contributed by atoms with Crippen molar-refractivity contribution >= 4 is 61.2 Å². The fraction of sp³-hybridized carbons (Fsp3) is 0.200. The number of hydrogen-bond acceptors (Lipinski definition) is 6. The molecule has 0 aliphatic heterocycles. The van der Waals surface area contributed by atoms with Crippen LogP contribution in [0.1, 0.15) is 35.3 Å². The average Bonchev–Trinajstić information content (AvgIpc) is 2.93. The number of pyridine rings is 1. The number of aromatic nitrogens is 1. The summed E-state index contributed by atoms with van der Waals surface area (Å²) in [6, 6.07) is 22.5. The van der Waals surface area contributed by atoms with Gasteiger partial charge in [0.2, 0.25) is 0 Å². The predicted molar refractivity (Wildman–Crippen MR) is 167 cm³/mol. The Balaban J connectivity index is 1.59. The maximum Gasteiger partial charge on any atom is 0.251 e. The number of aryl methyl sites for hydroxylation is 1. The summed E-state index contributed by atoms with van der Waals surface area (Å²) in [7, 11) is -1.84. The topological polar surface area (TPSA) is 100 Å². The van der Waals surface area contributed by atoms with Crippen molar-refractivity contribution in [3.63, 3.8) is 0 Å². The van der Waals surface area contributed by atoms with E-state index >= 15 is 0 Å². The molecule has 7 nitrogen and oxygen atoms in total. The van der Waals surface area contributed by atoms with Gasteiger partial charge in [-0.1, -0.05) is 52.9 Å². The van der Waals surface area contributed by atoms with Crippen molar-refractivity contribution in [1.82, 2.24) is 10.3 Å². The molecule has 0 radical (unpaired) electrons. The van der Waals surface area contributed by atoms with Gasteiger partial charge in [-0.05, 0) is 73.9 Å². The molecule has 1 aromatic heterocycles. The van der Waals surface area contributed by atoms with Gasteiger partial charge in [0.1, 0.15) is 5.82 Å². The van der Waals surface area contributed by atoms with E-state index in [9.17, 15) is 13.2 Å². The Bertz CT molecular complexity index is 1600. The molecule has 4 aromatic rings. The fourth-order valence-corrected chi connectivity index (χ4v) is 5.96. The Morgan fingerprint density at radius 1 is 0.949 bits per heavy atom. The Morgan fingerprint density at radius 2 is 1.67 bits per heavy atom. The normalized spacial score (nSPS) is 11.3. The zero-order valence-corrected chi connectivity index (χ0v) is 25.2. The van der Waals surface area contributed by atoms with E-state index in [4.69, 9.17) is 0 Å². The van der Waals surface area contributed by atoms with Crippen LogP contribution in [-0.2, 0) is 14.3 Å². The number of hydrogen-bond donors (Lipinski definition) is 3. The summed E-state index contributed by atoms with van der Waals surface area (Å²) >= 11 is 2.27. The number of alkyl halides is 1. The highest BCUT2D eigenvalue weighted by molar-refractivity contribution is 14.1. The van der Waals surface area contributed by atoms with E-state index in [-0.39, 0.29) is 10.8 Å². The zero-order valence-electron chi connectivity index (χ0n) is 22.2. The molecular formula is C30H31IN4O3S. The van der Waals surface area contributed by atoms with Crippen LogP contribution in [0.25, 0.3) is 11.1 Å². The number of halogens is 1. The number of para-hydroxylation sites is 1. The van der Waals surface area contributed by atoms with Crippen LogP contribution in [0.5, 0.6) is 0 Å². The number of benzene rings is 3. The summed E-state index contributed by atoms with van der Waals surface area (Å²) in [5.74, 6) is 0.523. The molecule has 9 heteroatoms. The van der Waals surface area contributed by atoms with E-state index in [0.29, 0.717) is 21.5 Å². The van der Waals surface area contributed by atoms with E-state index in [1.165, 1.54) is 0 Å². The first-order valence-corrected chi connectivity index (χ1v) is 15.6. The first-order valence-electron chi connectivity index (χ1n) is 12.5. The molecule has 1 heterocycles. The van der Waals surface area contributed by atoms with Crippen molar-refractivity contribution in [3.05, 3.63) is 95.7 Å². The van der Waals surface area contributed by atoms with Gasteiger partial charge in [-0.3, -0.25) is 4.79 Å². The van der Waals surface area contributed by atoms with Gasteiger partial charge in [-0.2, -0.15) is 0 Å². The third-order valence-electron chi connectivity index (χ3n) is 6.40. The molecule has 3 N–H and O–H groups in total. The molecule has 0 atom stereocenters. The highest BCUT2D eigenvalue weighted by Gasteiger charge is 2.23. The van der Waals surface area contributed by atoms with Gasteiger partial charge in [-0.15, -0.1) is 0 Å². The summed E-state index contributed by atoms with van der Waals surface area (Å²) in [5, 5.41) is 8.82. The summed E-state index contributed by atoms with van der Waals surface area (Å²) in [6.07, 6.45) is 1.80. The number of amides is 1. The molecule has 0 spiro atoms. The van der Waals surface area contributed by atoms with E-state index in [1.54, 1.807) is 45.3 Å². The zero-order chi connectivity index (χ0) is 28.2. The molecule has 0 aliphatic carbocycles. The van der Waals surface area contributed by atoms with Crippen molar-refractivity contribution in [2.45, 2.75) is 35.3 Å². The Kier molecular flexibility index (Phi) is 8.91. The lowest BCUT2D eigenvalue weighted by Crippen LogP contribution is -2.17. The number of rotatable bonds is 9. The Morgan fingerprint density at radius 3 is 2.31 bits per heavy atom. The second kappa shape index (κ2) is 12.2. The first kappa shape index (κ1) is 28.6. The number of nitrogens with one attached hydrogen (secondary N) is 3. The molecule has 0 saturated carbocycles. The number of carbonyl (C=O) groups is 1. The van der Waals surface area contributed by atoms with Crippen LogP contribution in [0.3, 0.4) is 0 Å². The second-order valence-corrected chi connectivity index (χ2v) is 12.6. The van der Waals surface area contributed by atoms with Crippen LogP contribution in [0.2, 0.25) is 0 Å². The van der Waals surface area contributed by atoms with Crippen LogP contribution in [0.15, 0.2) is 83.9 Å². The standard InChI is InChI=1S/C30H31IN4O3S/c1-19(2)39(37,38)28-8-6-5-7-26(28)35-27-16-29(33-18-23(27)17-31)34-24-13-14-25(20(3)15-24)21-9-11-22(12-10-21)30(36)32-4/h5-16,18-19H,17H2,1-4H3,(H,32,36)(H2,33,34,35). The molecule has 0 saturated heterocycles. The van der Waals surface area contributed by atoms with Crippen LogP contribution >= 0.6 is 22.6 Å². The molecule has 202 valence electrons. The maximum absolute atomic E-state index is 12.9. The van der Waals surface area contributed by atoms with Crippen molar-refractivity contribution in [1.29, 1.82) is 0 Å². The largest absolute Gasteiger partial charge is 0.355 e. The maximum atomic E-state index is 12.9. The minimum atomic E-state index is -3.46. The van der Waals surface area contributed by atoms with Gasteiger partial charge in [0.15, 0.2) is 9.84 Å². The summed E-state index contributed by atoms with van der Waals surface area (Å²) in [6.45, 7) is 5.41. The van der Waals surface area contributed by atoms with Gasteiger partial charge in [0.05, 0.1) is 15.8 Å². The van der Waals surface area contributed by atoms with Gasteiger partial charge in [-0.25, -0.2) is 13.4 Å². The molecule has 0 aliphatic rings. The van der Waals surface area contributed by atoms with Gasteiger partial charge < -0.3 is 16.0 Å². The van der Waals surface area contributed by atoms with Gasteiger partial charge in [0, 0.05) is 46.2 Å². The first-order chi connectivity index (χ1) is 18.6. The minimum Gasteiger partial charge on any atom is -0.355 e. The molecule has 4 rings (SSSR count). The van der Waals surface area contributed by atoms with Crippen LogP contribution < -0.4 is 16.0 Å². The minimum absolute atomic E-state index is 0.113. The van der Waals surface area contributed by atoms with E-state index in [1.807, 2.05) is 61.5 Å². The van der Waals surface area contributed by atoms with Crippen molar-refractivity contribution < 1.29 is 13.2 Å². The van der Waals surface area contributed by atoms with Crippen LogP contribution in [0, 0.1) is 6.92 Å². The number of nitrogens with zero attached hydrogens (tertiary/aromatic N) is 1. The fourth-order valence-electron chi connectivity index (χ4n) is 4.15. The predicted octanol–water partition coefficient (Wildman–Crippen LogP) is 7.02.